The highest BCUT2D eigenvalue weighted by Gasteiger charge is 2.49. The lowest BCUT2D eigenvalue weighted by Gasteiger charge is -2.18. The first-order valence-corrected chi connectivity index (χ1v) is 7.93. The zero-order chi connectivity index (χ0) is 16.7. The first-order chi connectivity index (χ1) is 10.9. The fraction of sp³-hybridized carbons (Fsp3) is 0.312. The van der Waals surface area contributed by atoms with Crippen molar-refractivity contribution in [2.45, 2.75) is 19.8 Å². The van der Waals surface area contributed by atoms with Crippen LogP contribution in [-0.4, -0.2) is 22.7 Å². The lowest BCUT2D eigenvalue weighted by atomic mass is 9.82. The van der Waals surface area contributed by atoms with Crippen LogP contribution >= 0.6 is 23.2 Å². The predicted octanol–water partition coefficient (Wildman–Crippen LogP) is 2.98. The summed E-state index contributed by atoms with van der Waals surface area (Å²) in [5.74, 6) is -2.08. The number of hydrogen-bond acceptors (Lipinski definition) is 3. The van der Waals surface area contributed by atoms with Gasteiger partial charge >= 0.3 is 0 Å². The van der Waals surface area contributed by atoms with E-state index in [2.05, 4.69) is 5.43 Å². The number of nitrogens with one attached hydrogen (secondary N) is 1. The van der Waals surface area contributed by atoms with Crippen molar-refractivity contribution in [3.05, 3.63) is 45.5 Å². The minimum Gasteiger partial charge on any atom is -0.272 e. The Kier molecular flexibility index (Phi) is 4.17. The fourth-order valence-electron chi connectivity index (χ4n) is 2.95. The van der Waals surface area contributed by atoms with Gasteiger partial charge in [0, 0.05) is 5.56 Å². The molecule has 2 atom stereocenters. The van der Waals surface area contributed by atoms with E-state index in [1.54, 1.807) is 0 Å². The van der Waals surface area contributed by atoms with Crippen molar-refractivity contribution in [1.29, 1.82) is 0 Å². The number of halogens is 2. The molecular formula is C16H14Cl2N2O3. The third-order valence-electron chi connectivity index (χ3n) is 4.22. The maximum absolute atomic E-state index is 12.4. The van der Waals surface area contributed by atoms with Crippen LogP contribution in [0.15, 0.2) is 29.8 Å². The molecule has 23 heavy (non-hydrogen) atoms. The van der Waals surface area contributed by atoms with Gasteiger partial charge in [-0.3, -0.25) is 19.8 Å². The van der Waals surface area contributed by atoms with Crippen molar-refractivity contribution in [2.75, 3.05) is 0 Å². The number of carbonyl (C=O) groups excluding carboxylic acids is 3. The van der Waals surface area contributed by atoms with E-state index in [0.29, 0.717) is 17.9 Å². The third-order valence-corrected chi connectivity index (χ3v) is 4.96. The number of imide groups is 1. The van der Waals surface area contributed by atoms with Crippen molar-refractivity contribution in [1.82, 2.24) is 10.4 Å². The molecule has 5 nitrogen and oxygen atoms in total. The van der Waals surface area contributed by atoms with Gasteiger partial charge in [0.15, 0.2) is 0 Å². The number of carbonyl (C=O) groups is 3. The Labute approximate surface area is 143 Å². The number of hydrazine groups is 1. The molecule has 1 fully saturated rings. The Hall–Kier alpha value is -1.85. The van der Waals surface area contributed by atoms with E-state index in [9.17, 15) is 14.4 Å². The standard InChI is InChI=1S/C16H14Cl2N2O3/c1-8-2-4-10-11(6-8)16(23)20(15(10)22)19-14(21)9-3-5-12(17)13(18)7-9/h2-3,5,7,10-11H,4,6H2,1H3,(H,19,21)/t10-,11-/m0/s1. The Morgan fingerprint density at radius 3 is 2.57 bits per heavy atom. The van der Waals surface area contributed by atoms with Crippen molar-refractivity contribution in [3.63, 3.8) is 0 Å². The second kappa shape index (κ2) is 5.98. The lowest BCUT2D eigenvalue weighted by Crippen LogP contribution is -2.46. The van der Waals surface area contributed by atoms with Crippen molar-refractivity contribution >= 4 is 40.9 Å². The van der Waals surface area contributed by atoms with Crippen molar-refractivity contribution in [3.8, 4) is 0 Å². The van der Waals surface area contributed by atoms with Crippen molar-refractivity contribution in [2.24, 2.45) is 11.8 Å². The van der Waals surface area contributed by atoms with Gasteiger partial charge in [-0.15, -0.1) is 0 Å². The SMILES string of the molecule is CC1=CC[C@@H]2C(=O)N(NC(=O)c3ccc(Cl)c(Cl)c3)C(=O)[C@H]2C1. The molecule has 1 aromatic rings. The number of rotatable bonds is 2. The van der Waals surface area contributed by atoms with Crippen LogP contribution in [0, 0.1) is 11.8 Å². The zero-order valence-corrected chi connectivity index (χ0v) is 13.8. The molecule has 3 rings (SSSR count). The molecule has 0 saturated carbocycles. The van der Waals surface area contributed by atoms with Gasteiger partial charge in [0.05, 0.1) is 21.9 Å². The third kappa shape index (κ3) is 2.86. The van der Waals surface area contributed by atoms with Gasteiger partial charge in [0.2, 0.25) is 0 Å². The summed E-state index contributed by atoms with van der Waals surface area (Å²) in [5.41, 5.74) is 3.70. The minimum absolute atomic E-state index is 0.226. The fourth-order valence-corrected chi connectivity index (χ4v) is 3.25. The van der Waals surface area contributed by atoms with Gasteiger partial charge in [-0.05, 0) is 38.0 Å². The molecule has 120 valence electrons. The molecule has 7 heteroatoms. The summed E-state index contributed by atoms with van der Waals surface area (Å²) < 4.78 is 0. The van der Waals surface area contributed by atoms with E-state index in [1.165, 1.54) is 18.2 Å². The van der Waals surface area contributed by atoms with E-state index >= 15 is 0 Å². The van der Waals surface area contributed by atoms with Gasteiger partial charge < -0.3 is 0 Å². The smallest absolute Gasteiger partial charge is 0.270 e. The van der Waals surface area contributed by atoms with Gasteiger partial charge in [0.25, 0.3) is 17.7 Å². The van der Waals surface area contributed by atoms with Crippen LogP contribution in [0.3, 0.4) is 0 Å². The monoisotopic (exact) mass is 352 g/mol. The Morgan fingerprint density at radius 2 is 1.87 bits per heavy atom. The maximum atomic E-state index is 12.4. The summed E-state index contributed by atoms with van der Waals surface area (Å²) in [4.78, 5) is 37.0. The number of amides is 3. The number of allylic oxidation sites excluding steroid dienone is 2. The summed E-state index contributed by atoms with van der Waals surface area (Å²) in [5, 5.41) is 1.39. The Bertz CT molecular complexity index is 745. The topological polar surface area (TPSA) is 66.5 Å². The molecule has 2 aliphatic rings. The van der Waals surface area contributed by atoms with Crippen LogP contribution in [0.2, 0.25) is 10.0 Å². The average molecular weight is 353 g/mol. The second-order valence-corrected chi connectivity index (χ2v) is 6.60. The van der Waals surface area contributed by atoms with Crippen LogP contribution in [-0.2, 0) is 9.59 Å². The van der Waals surface area contributed by atoms with E-state index in [-0.39, 0.29) is 34.2 Å². The molecule has 0 unspecified atom stereocenters. The van der Waals surface area contributed by atoms with E-state index < -0.39 is 5.91 Å². The van der Waals surface area contributed by atoms with Gasteiger partial charge in [-0.2, -0.15) is 5.01 Å². The largest absolute Gasteiger partial charge is 0.272 e. The van der Waals surface area contributed by atoms with Crippen LogP contribution in [0.4, 0.5) is 0 Å². The molecule has 0 aromatic heterocycles. The van der Waals surface area contributed by atoms with Crippen LogP contribution in [0.1, 0.15) is 30.1 Å². The molecule has 1 aliphatic carbocycles. The highest BCUT2D eigenvalue weighted by molar-refractivity contribution is 6.42. The molecule has 1 aliphatic heterocycles. The molecule has 0 radical (unpaired) electrons. The van der Waals surface area contributed by atoms with E-state index in [0.717, 1.165) is 10.6 Å². The summed E-state index contributed by atoms with van der Waals surface area (Å²) in [6, 6.07) is 4.36. The number of fused-ring (bicyclic) bond motifs is 1. The van der Waals surface area contributed by atoms with Crippen LogP contribution in [0.5, 0.6) is 0 Å². The van der Waals surface area contributed by atoms with Gasteiger partial charge in [-0.25, -0.2) is 0 Å². The summed E-state index contributed by atoms with van der Waals surface area (Å²) in [7, 11) is 0. The number of benzene rings is 1. The molecule has 1 saturated heterocycles. The van der Waals surface area contributed by atoms with E-state index in [4.69, 9.17) is 23.2 Å². The highest BCUT2D eigenvalue weighted by Crippen LogP contribution is 2.36. The quantitative estimate of drug-likeness (QED) is 0.657. The first-order valence-electron chi connectivity index (χ1n) is 7.18. The molecule has 1 N–H and O–H groups in total. The summed E-state index contributed by atoms with van der Waals surface area (Å²) in [6.07, 6.45) is 3.05. The molecule has 1 aromatic carbocycles. The van der Waals surface area contributed by atoms with Crippen LogP contribution in [0.25, 0.3) is 0 Å². The summed E-state index contributed by atoms with van der Waals surface area (Å²) >= 11 is 11.7. The molecule has 0 bridgehead atoms. The molecule has 1 heterocycles. The van der Waals surface area contributed by atoms with Crippen LogP contribution < -0.4 is 5.43 Å². The average Bonchev–Trinajstić information content (AvgIpc) is 2.74. The van der Waals surface area contributed by atoms with Crippen molar-refractivity contribution < 1.29 is 14.4 Å². The second-order valence-electron chi connectivity index (χ2n) is 5.78. The zero-order valence-electron chi connectivity index (χ0n) is 12.3. The lowest BCUT2D eigenvalue weighted by molar-refractivity contribution is -0.142. The minimum atomic E-state index is -0.575. The predicted molar refractivity (Wildman–Crippen MR) is 85.8 cm³/mol. The Morgan fingerprint density at radius 1 is 1.17 bits per heavy atom. The highest BCUT2D eigenvalue weighted by atomic mass is 35.5. The number of hydrogen-bond donors (Lipinski definition) is 1. The molecule has 3 amide bonds. The van der Waals surface area contributed by atoms with Gasteiger partial charge in [-0.1, -0.05) is 34.9 Å². The Balaban J connectivity index is 1.78. The number of nitrogens with zero attached hydrogens (tertiary/aromatic N) is 1. The first kappa shape index (κ1) is 16.0. The maximum Gasteiger partial charge on any atom is 0.270 e. The van der Waals surface area contributed by atoms with Gasteiger partial charge in [0.1, 0.15) is 0 Å². The molecular weight excluding hydrogens is 339 g/mol. The summed E-state index contributed by atoms with van der Waals surface area (Å²) in [6.45, 7) is 1.94. The molecule has 0 spiro atoms. The van der Waals surface area contributed by atoms with E-state index in [1.807, 2.05) is 13.0 Å². The normalized spacial score (nSPS) is 23.6.